The molecule has 0 radical (unpaired) electrons. The van der Waals surface area contributed by atoms with Gasteiger partial charge in [-0.3, -0.25) is 0 Å². The molecular weight excluding hydrogens is 310 g/mol. The van der Waals surface area contributed by atoms with Crippen molar-refractivity contribution in [1.82, 2.24) is 15.0 Å². The number of rotatable bonds is 5. The molecule has 0 unspecified atom stereocenters. The van der Waals surface area contributed by atoms with E-state index in [0.29, 0.717) is 28.4 Å². The van der Waals surface area contributed by atoms with Crippen molar-refractivity contribution in [3.8, 4) is 28.4 Å². The predicted octanol–water partition coefficient (Wildman–Crippen LogP) is 2.65. The highest BCUT2D eigenvalue weighted by Gasteiger charge is 2.21. The summed E-state index contributed by atoms with van der Waals surface area (Å²) in [5, 5.41) is 17.2. The number of carboxylic acid groups (broad SMARTS) is 1. The topological polar surface area (TPSA) is 86.5 Å². The SMILES string of the molecule is COc1ccc(-c2c(C(=O)O)nnn2-c2cccc(OC)c2)cc1. The van der Waals surface area contributed by atoms with Crippen LogP contribution in [0, 0.1) is 0 Å². The van der Waals surface area contributed by atoms with Gasteiger partial charge in [0.15, 0.2) is 5.69 Å². The van der Waals surface area contributed by atoms with Crippen LogP contribution in [0.1, 0.15) is 10.5 Å². The van der Waals surface area contributed by atoms with E-state index in [1.807, 2.05) is 0 Å². The number of nitrogens with zero attached hydrogens (tertiary/aromatic N) is 3. The quantitative estimate of drug-likeness (QED) is 0.776. The average Bonchev–Trinajstić information content (AvgIpc) is 3.07. The van der Waals surface area contributed by atoms with Crippen molar-refractivity contribution in [2.75, 3.05) is 14.2 Å². The largest absolute Gasteiger partial charge is 0.497 e. The van der Waals surface area contributed by atoms with Crippen LogP contribution >= 0.6 is 0 Å². The second kappa shape index (κ2) is 6.41. The number of hydrogen-bond donors (Lipinski definition) is 1. The number of hydrogen-bond acceptors (Lipinski definition) is 5. The molecule has 7 nitrogen and oxygen atoms in total. The first-order chi connectivity index (χ1) is 11.6. The molecule has 0 spiro atoms. The highest BCUT2D eigenvalue weighted by atomic mass is 16.5. The number of carbonyl (C=O) groups is 1. The fourth-order valence-corrected chi connectivity index (χ4v) is 2.36. The Hall–Kier alpha value is -3.35. The van der Waals surface area contributed by atoms with Crippen molar-refractivity contribution in [2.24, 2.45) is 0 Å². The van der Waals surface area contributed by atoms with E-state index >= 15 is 0 Å². The van der Waals surface area contributed by atoms with Crippen LogP contribution in [0.25, 0.3) is 16.9 Å². The van der Waals surface area contributed by atoms with Crippen molar-refractivity contribution in [3.05, 3.63) is 54.2 Å². The van der Waals surface area contributed by atoms with E-state index in [4.69, 9.17) is 9.47 Å². The second-order valence-electron chi connectivity index (χ2n) is 4.93. The number of benzene rings is 2. The molecule has 1 N–H and O–H groups in total. The Bertz CT molecular complexity index is 872. The minimum absolute atomic E-state index is 0.122. The smallest absolute Gasteiger partial charge is 0.358 e. The lowest BCUT2D eigenvalue weighted by atomic mass is 10.1. The summed E-state index contributed by atoms with van der Waals surface area (Å²) in [5.41, 5.74) is 1.59. The molecule has 122 valence electrons. The van der Waals surface area contributed by atoms with Gasteiger partial charge in [0, 0.05) is 11.6 Å². The minimum Gasteiger partial charge on any atom is -0.497 e. The van der Waals surface area contributed by atoms with Crippen LogP contribution in [-0.4, -0.2) is 40.3 Å². The summed E-state index contributed by atoms with van der Waals surface area (Å²) in [4.78, 5) is 11.5. The number of methoxy groups -OCH3 is 2. The van der Waals surface area contributed by atoms with Crippen molar-refractivity contribution in [3.63, 3.8) is 0 Å². The van der Waals surface area contributed by atoms with Gasteiger partial charge < -0.3 is 14.6 Å². The molecule has 0 atom stereocenters. The summed E-state index contributed by atoms with van der Waals surface area (Å²) in [6, 6.07) is 14.2. The summed E-state index contributed by atoms with van der Waals surface area (Å²) in [5.74, 6) is 0.173. The maximum atomic E-state index is 11.5. The molecule has 7 heteroatoms. The normalized spacial score (nSPS) is 10.4. The molecule has 1 aromatic heterocycles. The number of aromatic nitrogens is 3. The summed E-state index contributed by atoms with van der Waals surface area (Å²) in [7, 11) is 3.13. The zero-order valence-electron chi connectivity index (χ0n) is 13.1. The lowest BCUT2D eigenvalue weighted by Crippen LogP contribution is -2.03. The van der Waals surface area contributed by atoms with Crippen molar-refractivity contribution < 1.29 is 19.4 Å². The monoisotopic (exact) mass is 325 g/mol. The number of carboxylic acids is 1. The molecule has 0 aliphatic rings. The van der Waals surface area contributed by atoms with Gasteiger partial charge in [0.25, 0.3) is 0 Å². The average molecular weight is 325 g/mol. The molecule has 0 aliphatic heterocycles. The van der Waals surface area contributed by atoms with Gasteiger partial charge in [-0.25, -0.2) is 9.48 Å². The Kier molecular flexibility index (Phi) is 4.15. The molecule has 0 aliphatic carbocycles. The fourth-order valence-electron chi connectivity index (χ4n) is 2.36. The molecule has 24 heavy (non-hydrogen) atoms. The van der Waals surface area contributed by atoms with Gasteiger partial charge in [-0.1, -0.05) is 11.3 Å². The van der Waals surface area contributed by atoms with E-state index in [1.165, 1.54) is 4.68 Å². The van der Waals surface area contributed by atoms with Crippen LogP contribution in [0.2, 0.25) is 0 Å². The Morgan fingerprint density at radius 2 is 1.75 bits per heavy atom. The van der Waals surface area contributed by atoms with Crippen LogP contribution in [0.5, 0.6) is 11.5 Å². The zero-order valence-corrected chi connectivity index (χ0v) is 13.1. The van der Waals surface area contributed by atoms with Crippen molar-refractivity contribution in [1.29, 1.82) is 0 Å². The van der Waals surface area contributed by atoms with Gasteiger partial charge in [-0.15, -0.1) is 5.10 Å². The Morgan fingerprint density at radius 3 is 2.38 bits per heavy atom. The van der Waals surface area contributed by atoms with Gasteiger partial charge in [-0.2, -0.15) is 0 Å². The van der Waals surface area contributed by atoms with Crippen molar-refractivity contribution >= 4 is 5.97 Å². The molecule has 0 saturated carbocycles. The van der Waals surface area contributed by atoms with E-state index in [2.05, 4.69) is 10.3 Å². The summed E-state index contributed by atoms with van der Waals surface area (Å²) >= 11 is 0. The van der Waals surface area contributed by atoms with Gasteiger partial charge in [0.1, 0.15) is 17.2 Å². The van der Waals surface area contributed by atoms with Crippen LogP contribution in [0.3, 0.4) is 0 Å². The van der Waals surface area contributed by atoms with Gasteiger partial charge >= 0.3 is 5.97 Å². The van der Waals surface area contributed by atoms with Gasteiger partial charge in [0.05, 0.1) is 19.9 Å². The lowest BCUT2D eigenvalue weighted by Gasteiger charge is -2.09. The highest BCUT2D eigenvalue weighted by Crippen LogP contribution is 2.28. The van der Waals surface area contributed by atoms with Gasteiger partial charge in [-0.05, 0) is 36.4 Å². The number of ether oxygens (including phenoxy) is 2. The molecule has 3 aromatic rings. The number of aromatic carboxylic acids is 1. The van der Waals surface area contributed by atoms with Crippen LogP contribution in [0.4, 0.5) is 0 Å². The van der Waals surface area contributed by atoms with E-state index in [9.17, 15) is 9.90 Å². The zero-order chi connectivity index (χ0) is 17.1. The molecule has 0 fully saturated rings. The van der Waals surface area contributed by atoms with Crippen LogP contribution < -0.4 is 9.47 Å². The highest BCUT2D eigenvalue weighted by molar-refractivity contribution is 5.93. The maximum absolute atomic E-state index is 11.5. The van der Waals surface area contributed by atoms with E-state index in [0.717, 1.165) is 0 Å². The maximum Gasteiger partial charge on any atom is 0.358 e. The van der Waals surface area contributed by atoms with E-state index < -0.39 is 5.97 Å². The van der Waals surface area contributed by atoms with Gasteiger partial charge in [0.2, 0.25) is 0 Å². The summed E-state index contributed by atoms with van der Waals surface area (Å²) < 4.78 is 11.8. The van der Waals surface area contributed by atoms with Crippen LogP contribution in [-0.2, 0) is 0 Å². The molecule has 0 saturated heterocycles. The second-order valence-corrected chi connectivity index (χ2v) is 4.93. The minimum atomic E-state index is -1.14. The third kappa shape index (κ3) is 2.79. The third-order valence-electron chi connectivity index (χ3n) is 3.53. The molecule has 3 rings (SSSR count). The third-order valence-corrected chi connectivity index (χ3v) is 3.53. The summed E-state index contributed by atoms with van der Waals surface area (Å²) in [6.07, 6.45) is 0. The standard InChI is InChI=1S/C17H15N3O4/c1-23-13-8-6-11(7-9-13)16-15(17(21)22)18-19-20(16)12-4-3-5-14(10-12)24-2/h3-10H,1-2H3,(H,21,22). The Morgan fingerprint density at radius 1 is 1.04 bits per heavy atom. The predicted molar refractivity (Wildman–Crippen MR) is 86.9 cm³/mol. The Balaban J connectivity index is 2.18. The first-order valence-corrected chi connectivity index (χ1v) is 7.12. The molecule has 1 heterocycles. The van der Waals surface area contributed by atoms with E-state index in [-0.39, 0.29) is 5.69 Å². The lowest BCUT2D eigenvalue weighted by molar-refractivity contribution is 0.0691. The molecule has 0 bridgehead atoms. The first-order valence-electron chi connectivity index (χ1n) is 7.12. The van der Waals surface area contributed by atoms with E-state index in [1.54, 1.807) is 62.8 Å². The molecule has 0 amide bonds. The first kappa shape index (κ1) is 15.5. The molecular formula is C17H15N3O4. The Labute approximate surface area is 138 Å². The molecule has 2 aromatic carbocycles. The summed E-state index contributed by atoms with van der Waals surface area (Å²) in [6.45, 7) is 0. The van der Waals surface area contributed by atoms with Crippen molar-refractivity contribution in [2.45, 2.75) is 0 Å². The van der Waals surface area contributed by atoms with Crippen LogP contribution in [0.15, 0.2) is 48.5 Å². The fraction of sp³-hybridized carbons (Fsp3) is 0.118.